The predicted octanol–water partition coefficient (Wildman–Crippen LogP) is 1.79. The fourth-order valence-electron chi connectivity index (χ4n) is 1.70. The van der Waals surface area contributed by atoms with E-state index >= 15 is 0 Å². The summed E-state index contributed by atoms with van der Waals surface area (Å²) < 4.78 is 27.5. The Morgan fingerprint density at radius 1 is 1.18 bits per heavy atom. The Kier molecular flexibility index (Phi) is 4.64. The van der Waals surface area contributed by atoms with Crippen molar-refractivity contribution in [1.29, 1.82) is 0 Å². The summed E-state index contributed by atoms with van der Waals surface area (Å²) in [4.78, 5) is 11.2. The van der Waals surface area contributed by atoms with E-state index < -0.39 is 26.8 Å². The monoisotopic (exact) mass is 322 g/mol. The van der Waals surface area contributed by atoms with Crippen molar-refractivity contribution in [2.24, 2.45) is 5.14 Å². The third kappa shape index (κ3) is 4.21. The molecule has 0 aliphatic heterocycles. The van der Waals surface area contributed by atoms with E-state index in [4.69, 9.17) is 9.88 Å². The molecular formula is C14H14N2O5S. The van der Waals surface area contributed by atoms with E-state index in [0.29, 0.717) is 0 Å². The molecule has 2 aromatic carbocycles. The lowest BCUT2D eigenvalue weighted by atomic mass is 10.2. The fraction of sp³-hybridized carbons (Fsp3) is 0.0714. The first-order chi connectivity index (χ1) is 10.4. The van der Waals surface area contributed by atoms with Gasteiger partial charge in [-0.15, -0.1) is 0 Å². The molecule has 2 aromatic rings. The average Bonchev–Trinajstić information content (AvgIpc) is 2.47. The lowest BCUT2D eigenvalue weighted by molar-refractivity contribution is 0.155. The Balaban J connectivity index is 2.03. The maximum atomic E-state index is 11.7. The van der Waals surface area contributed by atoms with Crippen molar-refractivity contribution in [1.82, 2.24) is 0 Å². The first kappa shape index (κ1) is 15.8. The highest BCUT2D eigenvalue weighted by atomic mass is 32.2. The van der Waals surface area contributed by atoms with E-state index in [-0.39, 0.29) is 12.3 Å². The number of anilines is 1. The van der Waals surface area contributed by atoms with Crippen LogP contribution in [0.2, 0.25) is 0 Å². The SMILES string of the molecule is NS(=O)(=O)c1cc(NC(=O)OCc2ccccc2)ccc1O. The van der Waals surface area contributed by atoms with Crippen LogP contribution in [0.3, 0.4) is 0 Å². The van der Waals surface area contributed by atoms with E-state index in [2.05, 4.69) is 5.32 Å². The average molecular weight is 322 g/mol. The zero-order chi connectivity index (χ0) is 16.2. The molecule has 8 heteroatoms. The van der Waals surface area contributed by atoms with Gasteiger partial charge in [0.05, 0.1) is 0 Å². The van der Waals surface area contributed by atoms with E-state index in [1.54, 1.807) is 12.1 Å². The molecule has 0 heterocycles. The van der Waals surface area contributed by atoms with Gasteiger partial charge in [-0.1, -0.05) is 30.3 Å². The molecule has 0 aliphatic rings. The molecule has 0 bridgehead atoms. The van der Waals surface area contributed by atoms with Crippen molar-refractivity contribution in [3.63, 3.8) is 0 Å². The van der Waals surface area contributed by atoms with Crippen molar-refractivity contribution < 1.29 is 23.1 Å². The minimum atomic E-state index is -4.09. The largest absolute Gasteiger partial charge is 0.507 e. The molecule has 0 saturated carbocycles. The molecule has 0 radical (unpaired) electrons. The van der Waals surface area contributed by atoms with Crippen LogP contribution in [0.25, 0.3) is 0 Å². The van der Waals surface area contributed by atoms with Crippen molar-refractivity contribution in [2.45, 2.75) is 11.5 Å². The molecular weight excluding hydrogens is 308 g/mol. The second kappa shape index (κ2) is 6.46. The zero-order valence-corrected chi connectivity index (χ0v) is 12.2. The van der Waals surface area contributed by atoms with Crippen LogP contribution in [0, 0.1) is 0 Å². The first-order valence-corrected chi connectivity index (χ1v) is 7.74. The van der Waals surface area contributed by atoms with Crippen LogP contribution in [-0.2, 0) is 21.4 Å². The standard InChI is InChI=1S/C14H14N2O5S/c15-22(19,20)13-8-11(6-7-12(13)17)16-14(18)21-9-10-4-2-1-3-5-10/h1-8,17H,9H2,(H,16,18)(H2,15,19,20). The summed E-state index contributed by atoms with van der Waals surface area (Å²) in [5, 5.41) is 16.8. The Morgan fingerprint density at radius 2 is 1.86 bits per heavy atom. The lowest BCUT2D eigenvalue weighted by Crippen LogP contribution is -2.15. The van der Waals surface area contributed by atoms with Gasteiger partial charge in [0.2, 0.25) is 10.0 Å². The molecule has 0 saturated heterocycles. The summed E-state index contributed by atoms with van der Waals surface area (Å²) in [6.07, 6.45) is -0.755. The fourth-order valence-corrected chi connectivity index (χ4v) is 2.35. The molecule has 0 spiro atoms. The van der Waals surface area contributed by atoms with Crippen LogP contribution in [-0.4, -0.2) is 19.6 Å². The number of hydrogen-bond donors (Lipinski definition) is 3. The third-order valence-corrected chi connectivity index (χ3v) is 3.67. The highest BCUT2D eigenvalue weighted by molar-refractivity contribution is 7.89. The molecule has 0 aromatic heterocycles. The molecule has 4 N–H and O–H groups in total. The first-order valence-electron chi connectivity index (χ1n) is 6.20. The summed E-state index contributed by atoms with van der Waals surface area (Å²) in [6.45, 7) is 0.0762. The number of ether oxygens (including phenoxy) is 1. The van der Waals surface area contributed by atoms with E-state index in [9.17, 15) is 18.3 Å². The second-order valence-electron chi connectivity index (χ2n) is 4.41. The zero-order valence-electron chi connectivity index (χ0n) is 11.4. The molecule has 2 rings (SSSR count). The van der Waals surface area contributed by atoms with Crippen LogP contribution < -0.4 is 10.5 Å². The van der Waals surface area contributed by atoms with Gasteiger partial charge in [0.25, 0.3) is 0 Å². The second-order valence-corrected chi connectivity index (χ2v) is 5.94. The van der Waals surface area contributed by atoms with Crippen molar-refractivity contribution in [3.05, 3.63) is 54.1 Å². The summed E-state index contributed by atoms with van der Waals surface area (Å²) in [7, 11) is -4.09. The number of phenolic OH excluding ortho intramolecular Hbond substituents is 1. The number of primary sulfonamides is 1. The number of sulfonamides is 1. The minimum Gasteiger partial charge on any atom is -0.507 e. The van der Waals surface area contributed by atoms with Gasteiger partial charge in [-0.2, -0.15) is 0 Å². The summed E-state index contributed by atoms with van der Waals surface area (Å²) in [6, 6.07) is 12.6. The minimum absolute atomic E-state index is 0.0762. The molecule has 22 heavy (non-hydrogen) atoms. The van der Waals surface area contributed by atoms with Crippen LogP contribution in [0.1, 0.15) is 5.56 Å². The third-order valence-electron chi connectivity index (χ3n) is 2.73. The van der Waals surface area contributed by atoms with Gasteiger partial charge < -0.3 is 9.84 Å². The quantitative estimate of drug-likeness (QED) is 0.741. The molecule has 0 fully saturated rings. The Morgan fingerprint density at radius 3 is 2.50 bits per heavy atom. The topological polar surface area (TPSA) is 119 Å². The smallest absolute Gasteiger partial charge is 0.411 e. The number of carbonyl (C=O) groups is 1. The number of nitrogens with one attached hydrogen (secondary N) is 1. The normalized spacial score (nSPS) is 11.0. The lowest BCUT2D eigenvalue weighted by Gasteiger charge is -2.09. The van der Waals surface area contributed by atoms with Crippen molar-refractivity contribution in [2.75, 3.05) is 5.32 Å². The van der Waals surface area contributed by atoms with Crippen molar-refractivity contribution in [3.8, 4) is 5.75 Å². The van der Waals surface area contributed by atoms with E-state index in [1.165, 1.54) is 6.07 Å². The van der Waals surface area contributed by atoms with Gasteiger partial charge in [0.15, 0.2) is 0 Å². The predicted molar refractivity (Wildman–Crippen MR) is 79.7 cm³/mol. The van der Waals surface area contributed by atoms with Crippen LogP contribution in [0.4, 0.5) is 10.5 Å². The van der Waals surface area contributed by atoms with Gasteiger partial charge in [0, 0.05) is 5.69 Å². The number of phenols is 1. The van der Waals surface area contributed by atoms with Crippen LogP contribution in [0.5, 0.6) is 5.75 Å². The number of hydrogen-bond acceptors (Lipinski definition) is 5. The van der Waals surface area contributed by atoms with Gasteiger partial charge in [-0.3, -0.25) is 5.32 Å². The molecule has 0 aliphatic carbocycles. The maximum Gasteiger partial charge on any atom is 0.411 e. The number of aromatic hydroxyl groups is 1. The molecule has 0 atom stereocenters. The molecule has 0 unspecified atom stereocenters. The Hall–Kier alpha value is -2.58. The number of benzene rings is 2. The van der Waals surface area contributed by atoms with Crippen molar-refractivity contribution >= 4 is 21.8 Å². The maximum absolute atomic E-state index is 11.7. The summed E-state index contributed by atoms with van der Waals surface area (Å²) in [5.41, 5.74) is 0.952. The van der Waals surface area contributed by atoms with Crippen LogP contribution in [0.15, 0.2) is 53.4 Å². The number of nitrogens with two attached hydrogens (primary N) is 1. The molecule has 1 amide bonds. The highest BCUT2D eigenvalue weighted by Crippen LogP contribution is 2.25. The molecule has 7 nitrogen and oxygen atoms in total. The van der Waals surface area contributed by atoms with Gasteiger partial charge >= 0.3 is 6.09 Å². The number of rotatable bonds is 4. The highest BCUT2D eigenvalue weighted by Gasteiger charge is 2.15. The number of amides is 1. The van der Waals surface area contributed by atoms with Gasteiger partial charge in [-0.05, 0) is 23.8 Å². The van der Waals surface area contributed by atoms with Gasteiger partial charge in [-0.25, -0.2) is 18.4 Å². The van der Waals surface area contributed by atoms with E-state index in [0.717, 1.165) is 17.7 Å². The number of carbonyl (C=O) groups excluding carboxylic acids is 1. The van der Waals surface area contributed by atoms with E-state index in [1.807, 2.05) is 18.2 Å². The Labute approximate surface area is 127 Å². The Bertz CT molecular complexity index is 775. The van der Waals surface area contributed by atoms with Crippen LogP contribution >= 0.6 is 0 Å². The van der Waals surface area contributed by atoms with Gasteiger partial charge in [0.1, 0.15) is 17.3 Å². The molecule has 116 valence electrons. The summed E-state index contributed by atoms with van der Waals surface area (Å²) >= 11 is 0. The summed E-state index contributed by atoms with van der Waals surface area (Å²) in [5.74, 6) is -0.495.